The summed E-state index contributed by atoms with van der Waals surface area (Å²) in [4.78, 5) is 12.2. The molecule has 0 fully saturated rings. The van der Waals surface area contributed by atoms with Gasteiger partial charge in [0.05, 0.1) is 32.1 Å². The molecule has 1 amide bonds. The molecule has 1 N–H and O–H groups in total. The van der Waals surface area contributed by atoms with E-state index in [0.717, 1.165) is 0 Å². The van der Waals surface area contributed by atoms with Gasteiger partial charge in [0.15, 0.2) is 11.5 Å². The lowest BCUT2D eigenvalue weighted by molar-refractivity contribution is -0.0512. The number of carbonyl (C=O) groups is 1. The molecule has 1 aromatic carbocycles. The fourth-order valence-electron chi connectivity index (χ4n) is 1.94. The molecular weight excluding hydrogens is 324 g/mol. The van der Waals surface area contributed by atoms with E-state index in [1.807, 2.05) is 0 Å². The number of amides is 1. The molecule has 0 atom stereocenters. The summed E-state index contributed by atoms with van der Waals surface area (Å²) in [5, 5.41) is 6.69. The van der Waals surface area contributed by atoms with E-state index < -0.39 is 12.5 Å². The number of hydrogen-bond donors (Lipinski definition) is 1. The topological polar surface area (TPSA) is 74.6 Å². The van der Waals surface area contributed by atoms with Crippen LogP contribution in [0.15, 0.2) is 30.6 Å². The Labute approximate surface area is 137 Å². The third-order valence-corrected chi connectivity index (χ3v) is 3.06. The van der Waals surface area contributed by atoms with Crippen molar-refractivity contribution in [1.82, 2.24) is 9.78 Å². The van der Waals surface area contributed by atoms with Gasteiger partial charge in [0.2, 0.25) is 0 Å². The molecule has 1 heterocycles. The van der Waals surface area contributed by atoms with Gasteiger partial charge in [-0.2, -0.15) is 13.9 Å². The van der Waals surface area contributed by atoms with Crippen LogP contribution in [0.2, 0.25) is 0 Å². The summed E-state index contributed by atoms with van der Waals surface area (Å²) in [6, 6.07) is 4.02. The van der Waals surface area contributed by atoms with Gasteiger partial charge in [0, 0.05) is 18.9 Å². The molecule has 9 heteroatoms. The molecule has 0 radical (unpaired) electrons. The number of hydrogen-bond acceptors (Lipinski definition) is 5. The minimum atomic E-state index is -3.02. The average Bonchev–Trinajstić information content (AvgIpc) is 2.99. The van der Waals surface area contributed by atoms with Crippen molar-refractivity contribution in [3.05, 3.63) is 36.2 Å². The molecule has 24 heavy (non-hydrogen) atoms. The lowest BCUT2D eigenvalue weighted by Crippen LogP contribution is -2.12. The Kier molecular flexibility index (Phi) is 6.07. The zero-order valence-electron chi connectivity index (χ0n) is 13.2. The molecular formula is C15H17F2N3O4. The van der Waals surface area contributed by atoms with Gasteiger partial charge in [-0.15, -0.1) is 0 Å². The predicted octanol–water partition coefficient (Wildman–Crippen LogP) is 2.39. The van der Waals surface area contributed by atoms with Crippen LogP contribution >= 0.6 is 0 Å². The van der Waals surface area contributed by atoms with E-state index in [0.29, 0.717) is 18.8 Å². The quantitative estimate of drug-likeness (QED) is 0.798. The van der Waals surface area contributed by atoms with Crippen LogP contribution in [0, 0.1) is 0 Å². The molecule has 0 unspecified atom stereocenters. The molecule has 0 spiro atoms. The summed E-state index contributed by atoms with van der Waals surface area (Å²) < 4.78 is 40.7. The lowest BCUT2D eigenvalue weighted by Gasteiger charge is -2.11. The summed E-state index contributed by atoms with van der Waals surface area (Å²) in [6.45, 7) is -1.99. The van der Waals surface area contributed by atoms with Crippen LogP contribution in [-0.4, -0.2) is 43.1 Å². The van der Waals surface area contributed by atoms with Crippen molar-refractivity contribution in [1.29, 1.82) is 0 Å². The highest BCUT2D eigenvalue weighted by molar-refractivity contribution is 6.04. The number of alkyl halides is 2. The van der Waals surface area contributed by atoms with Gasteiger partial charge in [-0.05, 0) is 18.2 Å². The summed E-state index contributed by atoms with van der Waals surface area (Å²) in [5.74, 6) is -0.585. The second-order valence-corrected chi connectivity index (χ2v) is 4.68. The number of anilines is 1. The first-order chi connectivity index (χ1) is 11.5. The van der Waals surface area contributed by atoms with E-state index in [1.165, 1.54) is 31.5 Å². The maximum absolute atomic E-state index is 12.4. The Morgan fingerprint density at radius 1 is 1.33 bits per heavy atom. The molecule has 1 aromatic heterocycles. The SMILES string of the molecule is COCCn1cc(NC(=O)c2ccc(OC)c(OC(F)F)c2)cn1. The van der Waals surface area contributed by atoms with Crippen molar-refractivity contribution in [2.24, 2.45) is 0 Å². The monoisotopic (exact) mass is 341 g/mol. The number of aromatic nitrogens is 2. The first kappa shape index (κ1) is 17.7. The molecule has 0 bridgehead atoms. The molecule has 0 saturated carbocycles. The molecule has 0 aliphatic carbocycles. The van der Waals surface area contributed by atoms with Gasteiger partial charge >= 0.3 is 6.61 Å². The number of ether oxygens (including phenoxy) is 3. The number of nitrogens with zero attached hydrogens (tertiary/aromatic N) is 2. The number of rotatable bonds is 8. The highest BCUT2D eigenvalue weighted by Gasteiger charge is 2.15. The minimum Gasteiger partial charge on any atom is -0.493 e. The largest absolute Gasteiger partial charge is 0.493 e. The molecule has 0 saturated heterocycles. The smallest absolute Gasteiger partial charge is 0.387 e. The first-order valence-corrected chi connectivity index (χ1v) is 6.99. The van der Waals surface area contributed by atoms with E-state index in [-0.39, 0.29) is 17.1 Å². The highest BCUT2D eigenvalue weighted by atomic mass is 19.3. The molecule has 0 aliphatic heterocycles. The van der Waals surface area contributed by atoms with Crippen molar-refractivity contribution in [2.45, 2.75) is 13.2 Å². The Morgan fingerprint density at radius 2 is 2.12 bits per heavy atom. The Hall–Kier alpha value is -2.68. The van der Waals surface area contributed by atoms with Gasteiger partial charge in [-0.1, -0.05) is 0 Å². The molecule has 0 aliphatic rings. The predicted molar refractivity (Wildman–Crippen MR) is 81.7 cm³/mol. The van der Waals surface area contributed by atoms with Crippen LogP contribution < -0.4 is 14.8 Å². The van der Waals surface area contributed by atoms with Crippen molar-refractivity contribution in [3.63, 3.8) is 0 Å². The van der Waals surface area contributed by atoms with Crippen LogP contribution in [0.25, 0.3) is 0 Å². The van der Waals surface area contributed by atoms with Crippen molar-refractivity contribution in [3.8, 4) is 11.5 Å². The highest BCUT2D eigenvalue weighted by Crippen LogP contribution is 2.29. The van der Waals surface area contributed by atoms with Gasteiger partial charge in [0.1, 0.15) is 0 Å². The Bertz CT molecular complexity index is 691. The molecule has 2 rings (SSSR count). The third kappa shape index (κ3) is 4.66. The molecule has 7 nitrogen and oxygen atoms in total. The number of methoxy groups -OCH3 is 2. The summed E-state index contributed by atoms with van der Waals surface area (Å²) in [5.41, 5.74) is 0.624. The van der Waals surface area contributed by atoms with Crippen molar-refractivity contribution < 1.29 is 27.8 Å². The fraction of sp³-hybridized carbons (Fsp3) is 0.333. The Balaban J connectivity index is 2.10. The third-order valence-electron chi connectivity index (χ3n) is 3.06. The normalized spacial score (nSPS) is 10.7. The van der Waals surface area contributed by atoms with Crippen LogP contribution in [0.5, 0.6) is 11.5 Å². The van der Waals surface area contributed by atoms with Crippen LogP contribution in [0.3, 0.4) is 0 Å². The van der Waals surface area contributed by atoms with Crippen LogP contribution in [-0.2, 0) is 11.3 Å². The van der Waals surface area contributed by atoms with E-state index >= 15 is 0 Å². The first-order valence-electron chi connectivity index (χ1n) is 6.99. The molecule has 2 aromatic rings. The summed E-state index contributed by atoms with van der Waals surface area (Å²) in [6.07, 6.45) is 3.12. The second-order valence-electron chi connectivity index (χ2n) is 4.68. The van der Waals surface area contributed by atoms with E-state index in [9.17, 15) is 13.6 Å². The average molecular weight is 341 g/mol. The van der Waals surface area contributed by atoms with Gasteiger partial charge < -0.3 is 19.5 Å². The summed E-state index contributed by atoms with van der Waals surface area (Å²) in [7, 11) is 2.90. The maximum atomic E-state index is 12.4. The maximum Gasteiger partial charge on any atom is 0.387 e. The van der Waals surface area contributed by atoms with Crippen LogP contribution in [0.1, 0.15) is 10.4 Å². The van der Waals surface area contributed by atoms with E-state index in [4.69, 9.17) is 9.47 Å². The number of benzene rings is 1. The number of carbonyl (C=O) groups excluding carboxylic acids is 1. The zero-order chi connectivity index (χ0) is 17.5. The van der Waals surface area contributed by atoms with E-state index in [2.05, 4.69) is 15.2 Å². The lowest BCUT2D eigenvalue weighted by atomic mass is 10.2. The number of halogens is 2. The summed E-state index contributed by atoms with van der Waals surface area (Å²) >= 11 is 0. The molecule has 130 valence electrons. The van der Waals surface area contributed by atoms with Crippen molar-refractivity contribution >= 4 is 11.6 Å². The zero-order valence-corrected chi connectivity index (χ0v) is 13.2. The van der Waals surface area contributed by atoms with Gasteiger partial charge in [-0.3, -0.25) is 9.48 Å². The minimum absolute atomic E-state index is 0.110. The van der Waals surface area contributed by atoms with E-state index in [1.54, 1.807) is 18.0 Å². The Morgan fingerprint density at radius 3 is 2.79 bits per heavy atom. The second kappa shape index (κ2) is 8.25. The standard InChI is InChI=1S/C15H17F2N3O4/c1-22-6-5-20-9-11(8-18-20)19-14(21)10-3-4-12(23-2)13(7-10)24-15(16)17/h3-4,7-9,15H,5-6H2,1-2H3,(H,19,21). The van der Waals surface area contributed by atoms with Crippen molar-refractivity contribution in [2.75, 3.05) is 26.1 Å². The van der Waals surface area contributed by atoms with Crippen LogP contribution in [0.4, 0.5) is 14.5 Å². The van der Waals surface area contributed by atoms with Gasteiger partial charge in [-0.25, -0.2) is 0 Å². The fourth-order valence-corrected chi connectivity index (χ4v) is 1.94. The number of nitrogens with one attached hydrogen (secondary N) is 1. The van der Waals surface area contributed by atoms with Gasteiger partial charge in [0.25, 0.3) is 5.91 Å².